The zero-order valence-corrected chi connectivity index (χ0v) is 13.3. The number of amides is 1. The molecular formula is C14H22N2O3S. The lowest BCUT2D eigenvalue weighted by atomic mass is 9.98. The van der Waals surface area contributed by atoms with Crippen LogP contribution in [-0.4, -0.2) is 30.5 Å². The number of ether oxygens (including phenoxy) is 1. The lowest BCUT2D eigenvalue weighted by Gasteiger charge is -2.13. The van der Waals surface area contributed by atoms with Crippen molar-refractivity contribution in [1.82, 2.24) is 10.3 Å². The molecule has 0 saturated heterocycles. The van der Waals surface area contributed by atoms with Gasteiger partial charge in [-0.3, -0.25) is 9.59 Å². The van der Waals surface area contributed by atoms with Gasteiger partial charge in [0, 0.05) is 18.4 Å². The second-order valence-electron chi connectivity index (χ2n) is 5.57. The summed E-state index contributed by atoms with van der Waals surface area (Å²) >= 11 is 1.42. The third-order valence-electron chi connectivity index (χ3n) is 2.69. The zero-order valence-electron chi connectivity index (χ0n) is 12.5. The summed E-state index contributed by atoms with van der Waals surface area (Å²) < 4.78 is 4.55. The summed E-state index contributed by atoms with van der Waals surface area (Å²) in [6.07, 6.45) is 3.48. The molecule has 0 aliphatic rings. The average molecular weight is 298 g/mol. The highest BCUT2D eigenvalue weighted by molar-refractivity contribution is 7.13. The third kappa shape index (κ3) is 5.28. The molecule has 1 amide bonds. The van der Waals surface area contributed by atoms with E-state index in [0.29, 0.717) is 24.3 Å². The molecule has 0 atom stereocenters. The number of carbonyl (C=O) groups excluding carboxylic acids is 2. The van der Waals surface area contributed by atoms with Gasteiger partial charge in [0.05, 0.1) is 18.3 Å². The van der Waals surface area contributed by atoms with Crippen molar-refractivity contribution >= 4 is 23.2 Å². The maximum atomic E-state index is 11.9. The quantitative estimate of drug-likeness (QED) is 0.647. The number of aromatic nitrogens is 1. The molecule has 1 aromatic rings. The second-order valence-corrected chi connectivity index (χ2v) is 6.60. The predicted octanol–water partition coefficient (Wildman–Crippen LogP) is 2.51. The van der Waals surface area contributed by atoms with E-state index in [1.165, 1.54) is 18.4 Å². The van der Waals surface area contributed by atoms with Crippen LogP contribution in [0.1, 0.15) is 54.7 Å². The van der Waals surface area contributed by atoms with Gasteiger partial charge in [0.15, 0.2) is 0 Å². The number of thiazole rings is 1. The van der Waals surface area contributed by atoms with Crippen LogP contribution in [0.25, 0.3) is 0 Å². The molecule has 1 aromatic heterocycles. The summed E-state index contributed by atoms with van der Waals surface area (Å²) in [5.74, 6) is -0.315. The first kappa shape index (κ1) is 16.6. The topological polar surface area (TPSA) is 68.3 Å². The van der Waals surface area contributed by atoms with Crippen LogP contribution in [0.15, 0.2) is 6.20 Å². The molecule has 0 bridgehead atoms. The van der Waals surface area contributed by atoms with Gasteiger partial charge in [-0.05, 0) is 12.8 Å². The maximum absolute atomic E-state index is 11.9. The van der Waals surface area contributed by atoms with Crippen LogP contribution in [-0.2, 0) is 14.9 Å². The van der Waals surface area contributed by atoms with Crippen LogP contribution in [0, 0.1) is 0 Å². The third-order valence-corrected chi connectivity index (χ3v) is 4.11. The molecule has 0 unspecified atom stereocenters. The first-order valence-corrected chi connectivity index (χ1v) is 7.47. The number of nitrogens with zero attached hydrogens (tertiary/aromatic N) is 1. The first-order chi connectivity index (χ1) is 9.34. The molecule has 5 nitrogen and oxygen atoms in total. The number of unbranched alkanes of at least 4 members (excludes halogenated alkanes) is 1. The monoisotopic (exact) mass is 298 g/mol. The van der Waals surface area contributed by atoms with Gasteiger partial charge >= 0.3 is 5.97 Å². The first-order valence-electron chi connectivity index (χ1n) is 6.66. The summed E-state index contributed by atoms with van der Waals surface area (Å²) in [7, 11) is 1.38. The Kier molecular flexibility index (Phi) is 6.13. The van der Waals surface area contributed by atoms with Crippen molar-refractivity contribution in [2.45, 2.75) is 45.4 Å². The van der Waals surface area contributed by atoms with Gasteiger partial charge in [0.1, 0.15) is 4.88 Å². The van der Waals surface area contributed by atoms with Gasteiger partial charge in [0.25, 0.3) is 5.91 Å². The Hall–Kier alpha value is -1.43. The number of hydrogen-bond donors (Lipinski definition) is 1. The molecule has 0 saturated carbocycles. The zero-order chi connectivity index (χ0) is 15.2. The molecule has 0 radical (unpaired) electrons. The van der Waals surface area contributed by atoms with Crippen molar-refractivity contribution in [3.8, 4) is 0 Å². The highest BCUT2D eigenvalue weighted by Gasteiger charge is 2.20. The van der Waals surface area contributed by atoms with E-state index in [9.17, 15) is 9.59 Å². The highest BCUT2D eigenvalue weighted by atomic mass is 32.1. The van der Waals surface area contributed by atoms with Crippen LogP contribution < -0.4 is 5.32 Å². The Bertz CT molecular complexity index is 463. The van der Waals surface area contributed by atoms with E-state index < -0.39 is 0 Å². The predicted molar refractivity (Wildman–Crippen MR) is 79.0 cm³/mol. The van der Waals surface area contributed by atoms with E-state index in [0.717, 1.165) is 11.4 Å². The van der Waals surface area contributed by atoms with Gasteiger partial charge < -0.3 is 10.1 Å². The number of hydrogen-bond acceptors (Lipinski definition) is 5. The van der Waals surface area contributed by atoms with E-state index in [1.54, 1.807) is 6.20 Å². The highest BCUT2D eigenvalue weighted by Crippen LogP contribution is 2.26. The van der Waals surface area contributed by atoms with Gasteiger partial charge in [-0.15, -0.1) is 11.3 Å². The van der Waals surface area contributed by atoms with Crippen molar-refractivity contribution in [3.63, 3.8) is 0 Å². The van der Waals surface area contributed by atoms with Crippen molar-refractivity contribution in [3.05, 3.63) is 16.1 Å². The fourth-order valence-electron chi connectivity index (χ4n) is 1.51. The minimum Gasteiger partial charge on any atom is -0.469 e. The molecule has 0 aromatic carbocycles. The lowest BCUT2D eigenvalue weighted by molar-refractivity contribution is -0.140. The molecule has 20 heavy (non-hydrogen) atoms. The molecule has 0 fully saturated rings. The number of nitrogens with one attached hydrogen (secondary N) is 1. The Morgan fingerprint density at radius 1 is 1.35 bits per heavy atom. The van der Waals surface area contributed by atoms with E-state index in [2.05, 4.69) is 35.8 Å². The van der Waals surface area contributed by atoms with E-state index in [-0.39, 0.29) is 17.3 Å². The molecule has 112 valence electrons. The number of methoxy groups -OCH3 is 1. The maximum Gasteiger partial charge on any atom is 0.305 e. The van der Waals surface area contributed by atoms with Gasteiger partial charge in [-0.1, -0.05) is 20.8 Å². The Balaban J connectivity index is 2.33. The normalized spacial score (nSPS) is 11.2. The summed E-state index contributed by atoms with van der Waals surface area (Å²) in [6.45, 7) is 6.76. The van der Waals surface area contributed by atoms with Crippen LogP contribution >= 0.6 is 11.3 Å². The molecule has 6 heteroatoms. The molecule has 1 heterocycles. The SMILES string of the molecule is COC(=O)CCCCNC(=O)c1cnc(C(C)(C)C)s1. The number of esters is 1. The Morgan fingerprint density at radius 2 is 2.05 bits per heavy atom. The standard InChI is InChI=1S/C14H22N2O3S/c1-14(2,3)13-16-9-10(20-13)12(18)15-8-6-5-7-11(17)19-4/h9H,5-8H2,1-4H3,(H,15,18). The minimum atomic E-state index is -0.214. The molecule has 0 spiro atoms. The van der Waals surface area contributed by atoms with E-state index in [1.807, 2.05) is 0 Å². The van der Waals surface area contributed by atoms with E-state index in [4.69, 9.17) is 0 Å². The van der Waals surface area contributed by atoms with Crippen molar-refractivity contribution in [2.75, 3.05) is 13.7 Å². The van der Waals surface area contributed by atoms with Gasteiger partial charge in [-0.2, -0.15) is 0 Å². The summed E-state index contributed by atoms with van der Waals surface area (Å²) in [6, 6.07) is 0. The Morgan fingerprint density at radius 3 is 2.60 bits per heavy atom. The minimum absolute atomic E-state index is 0.0380. The molecule has 0 aliphatic carbocycles. The molecule has 0 aliphatic heterocycles. The Labute approximate surface area is 123 Å². The van der Waals surface area contributed by atoms with Gasteiger partial charge in [0.2, 0.25) is 0 Å². The van der Waals surface area contributed by atoms with Crippen LogP contribution in [0.4, 0.5) is 0 Å². The van der Waals surface area contributed by atoms with Crippen molar-refractivity contribution < 1.29 is 14.3 Å². The van der Waals surface area contributed by atoms with E-state index >= 15 is 0 Å². The second kappa shape index (κ2) is 7.38. The summed E-state index contributed by atoms with van der Waals surface area (Å²) in [5.41, 5.74) is -0.0380. The smallest absolute Gasteiger partial charge is 0.305 e. The number of rotatable bonds is 6. The van der Waals surface area contributed by atoms with Crippen LogP contribution in [0.3, 0.4) is 0 Å². The lowest BCUT2D eigenvalue weighted by Crippen LogP contribution is -2.23. The van der Waals surface area contributed by atoms with Crippen LogP contribution in [0.5, 0.6) is 0 Å². The number of carbonyl (C=O) groups is 2. The molecule has 1 rings (SSSR count). The fraction of sp³-hybridized carbons (Fsp3) is 0.643. The summed E-state index contributed by atoms with van der Waals surface area (Å²) in [5, 5.41) is 3.79. The van der Waals surface area contributed by atoms with Gasteiger partial charge in [-0.25, -0.2) is 4.98 Å². The largest absolute Gasteiger partial charge is 0.469 e. The summed E-state index contributed by atoms with van der Waals surface area (Å²) in [4.78, 5) is 27.7. The van der Waals surface area contributed by atoms with Crippen molar-refractivity contribution in [1.29, 1.82) is 0 Å². The molecular weight excluding hydrogens is 276 g/mol. The fourth-order valence-corrected chi connectivity index (χ4v) is 2.40. The van der Waals surface area contributed by atoms with Crippen LogP contribution in [0.2, 0.25) is 0 Å². The average Bonchev–Trinajstić information content (AvgIpc) is 2.87. The molecule has 1 N–H and O–H groups in total. The van der Waals surface area contributed by atoms with Crippen molar-refractivity contribution in [2.24, 2.45) is 0 Å².